The van der Waals surface area contributed by atoms with E-state index in [-0.39, 0.29) is 22.8 Å². The average Bonchev–Trinajstić information content (AvgIpc) is 2.93. The number of pyridine rings is 1. The van der Waals surface area contributed by atoms with Crippen LogP contribution in [0.3, 0.4) is 0 Å². The number of hydrogen-bond acceptors (Lipinski definition) is 5. The van der Waals surface area contributed by atoms with E-state index < -0.39 is 40.6 Å². The van der Waals surface area contributed by atoms with Crippen LogP contribution in [0.1, 0.15) is 40.9 Å². The number of anilines is 2. The van der Waals surface area contributed by atoms with Crippen molar-refractivity contribution in [3.63, 3.8) is 0 Å². The molecule has 0 atom stereocenters. The lowest BCUT2D eigenvalue weighted by Gasteiger charge is -2.43. The summed E-state index contributed by atoms with van der Waals surface area (Å²) in [4.78, 5) is 30.7. The van der Waals surface area contributed by atoms with E-state index in [4.69, 9.17) is 11.0 Å². The van der Waals surface area contributed by atoms with Gasteiger partial charge in [-0.25, -0.2) is 9.37 Å². The quantitative estimate of drug-likeness (QED) is 0.729. The lowest BCUT2D eigenvalue weighted by Crippen LogP contribution is -2.54. The zero-order chi connectivity index (χ0) is 23.4. The number of amides is 2. The van der Waals surface area contributed by atoms with E-state index >= 15 is 0 Å². The molecule has 2 heterocycles. The first-order valence-corrected chi connectivity index (χ1v) is 9.41. The van der Waals surface area contributed by atoms with Gasteiger partial charge in [0.25, 0.3) is 11.8 Å². The number of nitriles is 1. The number of halogens is 4. The Morgan fingerprint density at radius 3 is 2.44 bits per heavy atom. The van der Waals surface area contributed by atoms with Gasteiger partial charge in [-0.05, 0) is 43.5 Å². The number of rotatable bonds is 3. The Kier molecular flexibility index (Phi) is 4.69. The summed E-state index contributed by atoms with van der Waals surface area (Å²) in [5, 5.41) is 8.96. The Morgan fingerprint density at radius 2 is 1.94 bits per heavy atom. The van der Waals surface area contributed by atoms with Crippen LogP contribution in [-0.4, -0.2) is 22.3 Å². The minimum Gasteiger partial charge on any atom is -0.366 e. The number of primary amides is 1. The van der Waals surface area contributed by atoms with Gasteiger partial charge in [-0.2, -0.15) is 18.4 Å². The maximum Gasteiger partial charge on any atom is 0.419 e. The molecule has 1 aromatic carbocycles. The first-order chi connectivity index (χ1) is 15.0. The number of aromatic nitrogens is 1. The van der Waals surface area contributed by atoms with Crippen molar-refractivity contribution in [2.75, 3.05) is 9.80 Å². The van der Waals surface area contributed by atoms with Crippen LogP contribution in [0.15, 0.2) is 42.9 Å². The molecular formula is C21H15F4N5O2. The fourth-order valence-corrected chi connectivity index (χ4v) is 4.10. The van der Waals surface area contributed by atoms with Gasteiger partial charge in [0.05, 0.1) is 23.0 Å². The molecule has 1 saturated carbocycles. The fraction of sp³-hybridized carbons (Fsp3) is 0.238. The number of carbonyl (C=O) groups is 2. The molecule has 2 N–H and O–H groups in total. The van der Waals surface area contributed by atoms with E-state index in [0.717, 1.165) is 17.2 Å². The van der Waals surface area contributed by atoms with Gasteiger partial charge in [-0.3, -0.25) is 14.5 Å². The molecule has 164 valence electrons. The average molecular weight is 445 g/mol. The predicted molar refractivity (Wildman–Crippen MR) is 105 cm³/mol. The first-order valence-electron chi connectivity index (χ1n) is 9.41. The van der Waals surface area contributed by atoms with Crippen LogP contribution >= 0.6 is 0 Å². The zero-order valence-corrected chi connectivity index (χ0v) is 16.4. The molecule has 7 nitrogen and oxygen atoms in total. The van der Waals surface area contributed by atoms with Crippen LogP contribution in [0.5, 0.6) is 0 Å². The zero-order valence-electron chi connectivity index (χ0n) is 16.4. The molecular weight excluding hydrogens is 430 g/mol. The van der Waals surface area contributed by atoms with E-state index in [9.17, 15) is 27.2 Å². The summed E-state index contributed by atoms with van der Waals surface area (Å²) < 4.78 is 54.6. The number of hydrogen-bond donors (Lipinski definition) is 1. The number of nitrogens with zero attached hydrogens (tertiary/aromatic N) is 4. The van der Waals surface area contributed by atoms with Gasteiger partial charge in [0.2, 0.25) is 0 Å². The number of alkyl halides is 3. The Morgan fingerprint density at radius 1 is 1.25 bits per heavy atom. The predicted octanol–water partition coefficient (Wildman–Crippen LogP) is 3.46. The third-order valence-electron chi connectivity index (χ3n) is 5.75. The fourth-order valence-electron chi connectivity index (χ4n) is 4.10. The Hall–Kier alpha value is -3.94. The third kappa shape index (κ3) is 2.98. The van der Waals surface area contributed by atoms with E-state index in [0.29, 0.717) is 25.3 Å². The molecule has 0 radical (unpaired) electrons. The van der Waals surface area contributed by atoms with Crippen molar-refractivity contribution in [1.82, 2.24) is 4.98 Å². The SMILES string of the molecule is C=C1N(c2cnc(C#N)c(C(F)(F)F)c2)C(=O)C2(CCC2)N1c1ccc(C(N)=O)c(F)c1. The topological polar surface area (TPSA) is 103 Å². The summed E-state index contributed by atoms with van der Waals surface area (Å²) >= 11 is 0. The number of benzene rings is 1. The van der Waals surface area contributed by atoms with Crippen LogP contribution in [0.25, 0.3) is 0 Å². The summed E-state index contributed by atoms with van der Waals surface area (Å²) in [5.74, 6) is -2.40. The molecule has 1 aliphatic carbocycles. The monoisotopic (exact) mass is 445 g/mol. The highest BCUT2D eigenvalue weighted by Gasteiger charge is 2.59. The molecule has 0 unspecified atom stereocenters. The minimum atomic E-state index is -4.86. The second-order valence-electron chi connectivity index (χ2n) is 7.50. The molecule has 2 aliphatic rings. The van der Waals surface area contributed by atoms with Crippen LogP contribution in [-0.2, 0) is 11.0 Å². The molecule has 1 saturated heterocycles. The molecule has 2 fully saturated rings. The molecule has 2 amide bonds. The first kappa shape index (κ1) is 21.3. The smallest absolute Gasteiger partial charge is 0.366 e. The molecule has 4 rings (SSSR count). The summed E-state index contributed by atoms with van der Waals surface area (Å²) in [7, 11) is 0. The largest absolute Gasteiger partial charge is 0.419 e. The second kappa shape index (κ2) is 7.05. The van der Waals surface area contributed by atoms with Gasteiger partial charge in [0.1, 0.15) is 23.2 Å². The van der Waals surface area contributed by atoms with E-state index in [2.05, 4.69) is 11.6 Å². The highest BCUT2D eigenvalue weighted by Crippen LogP contribution is 2.50. The van der Waals surface area contributed by atoms with Crippen molar-refractivity contribution in [1.29, 1.82) is 5.26 Å². The van der Waals surface area contributed by atoms with Gasteiger partial charge in [0.15, 0.2) is 5.69 Å². The Bertz CT molecular complexity index is 1210. The number of carbonyl (C=O) groups excluding carboxylic acids is 2. The van der Waals surface area contributed by atoms with Gasteiger partial charge >= 0.3 is 6.18 Å². The van der Waals surface area contributed by atoms with E-state index in [1.165, 1.54) is 23.1 Å². The lowest BCUT2D eigenvalue weighted by atomic mass is 9.75. The molecule has 1 aliphatic heterocycles. The van der Waals surface area contributed by atoms with Crippen molar-refractivity contribution in [2.24, 2.45) is 5.73 Å². The van der Waals surface area contributed by atoms with Crippen molar-refractivity contribution < 1.29 is 27.2 Å². The Balaban J connectivity index is 1.82. The van der Waals surface area contributed by atoms with Crippen LogP contribution in [0.2, 0.25) is 0 Å². The molecule has 11 heteroatoms. The highest BCUT2D eigenvalue weighted by atomic mass is 19.4. The van der Waals surface area contributed by atoms with E-state index in [1.807, 2.05) is 0 Å². The lowest BCUT2D eigenvalue weighted by molar-refractivity contribution is -0.138. The van der Waals surface area contributed by atoms with Crippen molar-refractivity contribution in [3.8, 4) is 6.07 Å². The normalized spacial score (nSPS) is 17.5. The molecule has 2 aromatic rings. The Labute approximate surface area is 179 Å². The highest BCUT2D eigenvalue weighted by molar-refractivity contribution is 6.11. The van der Waals surface area contributed by atoms with Gasteiger partial charge in [-0.15, -0.1) is 0 Å². The molecule has 1 spiro atoms. The number of nitrogens with two attached hydrogens (primary N) is 1. The third-order valence-corrected chi connectivity index (χ3v) is 5.75. The maximum atomic E-state index is 14.4. The van der Waals surface area contributed by atoms with E-state index in [1.54, 1.807) is 0 Å². The van der Waals surface area contributed by atoms with Crippen molar-refractivity contribution >= 4 is 23.2 Å². The summed E-state index contributed by atoms with van der Waals surface area (Å²) in [6.45, 7) is 3.86. The standard InChI is InChI=1S/C21H15F4N5O2/c1-11-29(13-7-15(21(23,24)25)17(9-26)28-10-13)19(32)20(5-2-6-20)30(11)12-3-4-14(18(27)31)16(22)8-12/h3-4,7-8,10H,1-2,5-6H2,(H2,27,31). The maximum absolute atomic E-state index is 14.4. The van der Waals surface area contributed by atoms with Gasteiger partial charge in [0, 0.05) is 5.69 Å². The van der Waals surface area contributed by atoms with Crippen molar-refractivity contribution in [3.05, 3.63) is 65.5 Å². The van der Waals surface area contributed by atoms with Gasteiger partial charge < -0.3 is 10.6 Å². The van der Waals surface area contributed by atoms with Crippen molar-refractivity contribution in [2.45, 2.75) is 31.0 Å². The summed E-state index contributed by atoms with van der Waals surface area (Å²) in [6.07, 6.45) is -2.46. The van der Waals surface area contributed by atoms with Crippen LogP contribution in [0, 0.1) is 17.1 Å². The van der Waals surface area contributed by atoms with Crippen LogP contribution < -0.4 is 15.5 Å². The minimum absolute atomic E-state index is 0.000516. The molecule has 1 aromatic heterocycles. The summed E-state index contributed by atoms with van der Waals surface area (Å²) in [5.41, 5.74) is 1.53. The molecule has 0 bridgehead atoms. The van der Waals surface area contributed by atoms with Gasteiger partial charge in [-0.1, -0.05) is 6.58 Å². The summed E-state index contributed by atoms with van der Waals surface area (Å²) in [6, 6.07) is 5.65. The second-order valence-corrected chi connectivity index (χ2v) is 7.50. The van der Waals surface area contributed by atoms with Crippen LogP contribution in [0.4, 0.5) is 28.9 Å². The molecule has 32 heavy (non-hydrogen) atoms.